The lowest BCUT2D eigenvalue weighted by Crippen LogP contribution is -2.18. The van der Waals surface area contributed by atoms with Gasteiger partial charge in [0, 0.05) is 11.9 Å². The fourth-order valence-corrected chi connectivity index (χ4v) is 3.09. The molecule has 2 nitrogen and oxygen atoms in total. The van der Waals surface area contributed by atoms with Crippen LogP contribution in [0.5, 0.6) is 0 Å². The summed E-state index contributed by atoms with van der Waals surface area (Å²) in [5.74, 6) is 0. The van der Waals surface area contributed by atoms with E-state index in [1.54, 1.807) is 11.3 Å². The van der Waals surface area contributed by atoms with E-state index in [0.717, 1.165) is 22.3 Å². The van der Waals surface area contributed by atoms with Crippen molar-refractivity contribution >= 4 is 34.3 Å². The molecule has 0 saturated heterocycles. The number of thiophene rings is 1. The molecule has 2 N–H and O–H groups in total. The van der Waals surface area contributed by atoms with Gasteiger partial charge in [0.25, 0.3) is 0 Å². The molecule has 0 radical (unpaired) electrons. The van der Waals surface area contributed by atoms with Gasteiger partial charge >= 0.3 is 0 Å². The van der Waals surface area contributed by atoms with Crippen molar-refractivity contribution in [2.24, 2.45) is 0 Å². The van der Waals surface area contributed by atoms with Crippen LogP contribution in [-0.2, 0) is 6.54 Å². The average Bonchev–Trinajstić information content (AvgIpc) is 2.63. The molecule has 0 unspecified atom stereocenters. The fraction of sp³-hybridized carbons (Fsp3) is 0.231. The summed E-state index contributed by atoms with van der Waals surface area (Å²) in [7, 11) is 2.05. The highest BCUT2D eigenvalue weighted by molar-refractivity contribution is 7.16. The zero-order valence-corrected chi connectivity index (χ0v) is 11.5. The monoisotopic (exact) mass is 266 g/mol. The number of para-hydroxylation sites is 1. The third-order valence-corrected chi connectivity index (χ3v) is 3.89. The zero-order valence-electron chi connectivity index (χ0n) is 9.90. The van der Waals surface area contributed by atoms with Gasteiger partial charge in [0.05, 0.1) is 22.3 Å². The molecule has 0 aliphatic carbocycles. The van der Waals surface area contributed by atoms with Gasteiger partial charge in [-0.1, -0.05) is 23.7 Å². The highest BCUT2D eigenvalue weighted by Crippen LogP contribution is 2.29. The summed E-state index contributed by atoms with van der Waals surface area (Å²) in [6.07, 6.45) is 0. The second-order valence-corrected chi connectivity index (χ2v) is 5.87. The predicted octanol–water partition coefficient (Wildman–Crippen LogP) is 3.93. The minimum atomic E-state index is 0.815. The molecule has 1 aromatic heterocycles. The van der Waals surface area contributed by atoms with E-state index in [4.69, 9.17) is 17.3 Å². The molecule has 90 valence electrons. The van der Waals surface area contributed by atoms with E-state index < -0.39 is 0 Å². The maximum Gasteiger partial charge on any atom is 0.0931 e. The van der Waals surface area contributed by atoms with Crippen molar-refractivity contribution in [3.05, 3.63) is 45.1 Å². The van der Waals surface area contributed by atoms with Gasteiger partial charge in [-0.05, 0) is 30.7 Å². The molecule has 0 fully saturated rings. The number of nitrogens with two attached hydrogens (primary N) is 1. The summed E-state index contributed by atoms with van der Waals surface area (Å²) < 4.78 is 0.825. The smallest absolute Gasteiger partial charge is 0.0931 e. The molecule has 2 aromatic rings. The molecule has 17 heavy (non-hydrogen) atoms. The Morgan fingerprint density at radius 3 is 2.65 bits per heavy atom. The normalized spacial score (nSPS) is 10.5. The number of hydrogen-bond donors (Lipinski definition) is 1. The lowest BCUT2D eigenvalue weighted by atomic mass is 10.1. The van der Waals surface area contributed by atoms with E-state index in [9.17, 15) is 0 Å². The molecule has 4 heteroatoms. The van der Waals surface area contributed by atoms with Gasteiger partial charge in [-0.15, -0.1) is 11.3 Å². The van der Waals surface area contributed by atoms with Crippen LogP contribution in [0.4, 0.5) is 11.4 Å². The first-order valence-corrected chi connectivity index (χ1v) is 6.58. The van der Waals surface area contributed by atoms with Gasteiger partial charge in [0.15, 0.2) is 0 Å². The number of benzene rings is 1. The third kappa shape index (κ3) is 2.73. The first kappa shape index (κ1) is 12.3. The van der Waals surface area contributed by atoms with Gasteiger partial charge in [0.2, 0.25) is 0 Å². The van der Waals surface area contributed by atoms with Gasteiger partial charge in [-0.2, -0.15) is 0 Å². The highest BCUT2D eigenvalue weighted by Gasteiger charge is 2.09. The Balaban J connectivity index is 2.22. The van der Waals surface area contributed by atoms with Crippen molar-refractivity contribution in [1.82, 2.24) is 0 Å². The van der Waals surface area contributed by atoms with Crippen molar-refractivity contribution in [2.45, 2.75) is 13.5 Å². The summed E-state index contributed by atoms with van der Waals surface area (Å²) in [5.41, 5.74) is 9.12. The Kier molecular flexibility index (Phi) is 3.60. The van der Waals surface area contributed by atoms with Crippen molar-refractivity contribution < 1.29 is 0 Å². The van der Waals surface area contributed by atoms with E-state index in [2.05, 4.69) is 24.0 Å². The molecule has 0 atom stereocenters. The Morgan fingerprint density at radius 1 is 1.29 bits per heavy atom. The second-order valence-electron chi connectivity index (χ2n) is 4.07. The molecule has 2 rings (SSSR count). The van der Waals surface area contributed by atoms with Crippen molar-refractivity contribution in [1.29, 1.82) is 0 Å². The van der Waals surface area contributed by atoms with Gasteiger partial charge in [-0.3, -0.25) is 0 Å². The topological polar surface area (TPSA) is 29.3 Å². The van der Waals surface area contributed by atoms with E-state index >= 15 is 0 Å². The van der Waals surface area contributed by atoms with Crippen molar-refractivity contribution in [2.75, 3.05) is 17.7 Å². The van der Waals surface area contributed by atoms with E-state index in [-0.39, 0.29) is 0 Å². The molecule has 0 saturated carbocycles. The zero-order chi connectivity index (χ0) is 12.4. The van der Waals surface area contributed by atoms with E-state index in [0.29, 0.717) is 0 Å². The summed E-state index contributed by atoms with van der Waals surface area (Å²) in [6, 6.07) is 9.96. The predicted molar refractivity (Wildman–Crippen MR) is 77.0 cm³/mol. The van der Waals surface area contributed by atoms with Crippen molar-refractivity contribution in [3.63, 3.8) is 0 Å². The number of halogens is 1. The number of aryl methyl sites for hydroxylation is 1. The SMILES string of the molecule is Cc1cccc(N)c1N(C)Cc1ccc(Cl)s1. The van der Waals surface area contributed by atoms with E-state index in [1.807, 2.05) is 25.2 Å². The summed E-state index contributed by atoms with van der Waals surface area (Å²) in [5, 5.41) is 0. The lowest BCUT2D eigenvalue weighted by molar-refractivity contribution is 0.936. The van der Waals surface area contributed by atoms with Gasteiger partial charge in [-0.25, -0.2) is 0 Å². The Hall–Kier alpha value is -1.19. The Labute approximate surface area is 111 Å². The average molecular weight is 267 g/mol. The van der Waals surface area contributed by atoms with Crippen LogP contribution in [0.25, 0.3) is 0 Å². The van der Waals surface area contributed by atoms with Crippen LogP contribution < -0.4 is 10.6 Å². The molecule has 0 bridgehead atoms. The number of nitrogens with zero attached hydrogens (tertiary/aromatic N) is 1. The van der Waals surface area contributed by atoms with E-state index in [1.165, 1.54) is 10.4 Å². The largest absolute Gasteiger partial charge is 0.397 e. The molecule has 1 heterocycles. The molecular formula is C13H15ClN2S. The minimum Gasteiger partial charge on any atom is -0.397 e. The summed E-state index contributed by atoms with van der Waals surface area (Å²) in [6.45, 7) is 2.90. The number of rotatable bonds is 3. The maximum atomic E-state index is 6.02. The highest BCUT2D eigenvalue weighted by atomic mass is 35.5. The van der Waals surface area contributed by atoms with Crippen molar-refractivity contribution in [3.8, 4) is 0 Å². The van der Waals surface area contributed by atoms with Gasteiger partial charge < -0.3 is 10.6 Å². The van der Waals surface area contributed by atoms with Crippen LogP contribution in [0, 0.1) is 6.92 Å². The van der Waals surface area contributed by atoms with Crippen LogP contribution in [0.2, 0.25) is 4.34 Å². The van der Waals surface area contributed by atoms with Gasteiger partial charge in [0.1, 0.15) is 0 Å². The minimum absolute atomic E-state index is 0.815. The molecular weight excluding hydrogens is 252 g/mol. The van der Waals surface area contributed by atoms with Crippen LogP contribution in [0.3, 0.4) is 0 Å². The Morgan fingerprint density at radius 2 is 2.06 bits per heavy atom. The van der Waals surface area contributed by atoms with Crippen LogP contribution in [-0.4, -0.2) is 7.05 Å². The van der Waals surface area contributed by atoms with Crippen LogP contribution >= 0.6 is 22.9 Å². The first-order chi connectivity index (χ1) is 8.08. The summed E-state index contributed by atoms with van der Waals surface area (Å²) in [4.78, 5) is 3.40. The third-order valence-electron chi connectivity index (χ3n) is 2.67. The molecule has 1 aromatic carbocycles. The summed E-state index contributed by atoms with van der Waals surface area (Å²) >= 11 is 7.53. The standard InChI is InChI=1S/C13H15ClN2S/c1-9-4-3-5-11(15)13(9)16(2)8-10-6-7-12(14)17-10/h3-7H,8,15H2,1-2H3. The molecule has 0 amide bonds. The molecule has 0 aliphatic heterocycles. The van der Waals surface area contributed by atoms with Crippen LogP contribution in [0.15, 0.2) is 30.3 Å². The van der Waals surface area contributed by atoms with Crippen LogP contribution in [0.1, 0.15) is 10.4 Å². The molecule has 0 spiro atoms. The first-order valence-electron chi connectivity index (χ1n) is 5.38. The number of hydrogen-bond acceptors (Lipinski definition) is 3. The Bertz CT molecular complexity index is 502. The number of anilines is 2. The lowest BCUT2D eigenvalue weighted by Gasteiger charge is -2.22. The second kappa shape index (κ2) is 4.98. The maximum absolute atomic E-state index is 6.02. The number of nitrogen functional groups attached to an aromatic ring is 1. The quantitative estimate of drug-likeness (QED) is 0.853. The fourth-order valence-electron chi connectivity index (χ4n) is 1.95. The molecule has 0 aliphatic rings.